The highest BCUT2D eigenvalue weighted by Crippen LogP contribution is 2.13. The van der Waals surface area contributed by atoms with E-state index < -0.39 is 5.97 Å². The van der Waals surface area contributed by atoms with Gasteiger partial charge in [-0.3, -0.25) is 14.4 Å². The van der Waals surface area contributed by atoms with Crippen molar-refractivity contribution in [2.24, 2.45) is 0 Å². The van der Waals surface area contributed by atoms with Gasteiger partial charge in [-0.25, -0.2) is 0 Å². The molecule has 25 heavy (non-hydrogen) atoms. The average molecular weight is 339 g/mol. The fraction of sp³-hybridized carbons (Fsp3) is 0.250. The van der Waals surface area contributed by atoms with Gasteiger partial charge in [0.1, 0.15) is 0 Å². The molecule has 0 fully saturated rings. The Kier molecular flexibility index (Phi) is 6.46. The minimum Gasteiger partial charge on any atom is -0.481 e. The molecule has 2 rings (SSSR count). The molecule has 0 atom stereocenters. The number of Topliss-reactive ketones (excluding diaryl/α,β-unsaturated/α-hetero) is 1. The van der Waals surface area contributed by atoms with Crippen LogP contribution in [0.5, 0.6) is 0 Å². The summed E-state index contributed by atoms with van der Waals surface area (Å²) in [4.78, 5) is 36.5. The van der Waals surface area contributed by atoms with E-state index in [1.807, 2.05) is 30.3 Å². The molecule has 0 unspecified atom stereocenters. The van der Waals surface area contributed by atoms with Gasteiger partial charge in [-0.1, -0.05) is 42.5 Å². The maximum Gasteiger partial charge on any atom is 0.303 e. The van der Waals surface area contributed by atoms with Gasteiger partial charge in [0, 0.05) is 30.6 Å². The Morgan fingerprint density at radius 3 is 2.08 bits per heavy atom. The number of hydrogen-bond acceptors (Lipinski definition) is 3. The van der Waals surface area contributed by atoms with E-state index in [-0.39, 0.29) is 18.1 Å². The minimum atomic E-state index is -0.877. The van der Waals surface area contributed by atoms with Crippen LogP contribution in [0.4, 0.5) is 0 Å². The van der Waals surface area contributed by atoms with E-state index in [1.165, 1.54) is 6.92 Å². The summed E-state index contributed by atoms with van der Waals surface area (Å²) in [6.07, 6.45) is 0.404. The number of ketones is 1. The average Bonchev–Trinajstić information content (AvgIpc) is 2.61. The molecule has 0 aliphatic rings. The monoisotopic (exact) mass is 339 g/mol. The first-order valence-corrected chi connectivity index (χ1v) is 8.13. The van der Waals surface area contributed by atoms with Gasteiger partial charge in [0.15, 0.2) is 5.78 Å². The van der Waals surface area contributed by atoms with Crippen LogP contribution in [-0.4, -0.2) is 34.2 Å². The molecule has 5 nitrogen and oxygen atoms in total. The summed E-state index contributed by atoms with van der Waals surface area (Å²) in [7, 11) is 0. The van der Waals surface area contributed by atoms with E-state index in [0.29, 0.717) is 30.6 Å². The van der Waals surface area contributed by atoms with Gasteiger partial charge >= 0.3 is 5.97 Å². The van der Waals surface area contributed by atoms with Crippen LogP contribution in [0.15, 0.2) is 54.6 Å². The molecule has 2 aromatic carbocycles. The van der Waals surface area contributed by atoms with Crippen molar-refractivity contribution in [2.75, 3.05) is 6.54 Å². The zero-order valence-electron chi connectivity index (χ0n) is 14.1. The number of carbonyl (C=O) groups excluding carboxylic acids is 2. The standard InChI is InChI=1S/C20H21NO4/c1-15(22)17-9-11-18(12-10-17)20(25)21(13-5-8-19(23)24)14-16-6-3-2-4-7-16/h2-4,6-7,9-12H,5,8,13-14H2,1H3,(H,23,24). The molecular weight excluding hydrogens is 318 g/mol. The molecule has 0 aliphatic carbocycles. The first kappa shape index (κ1) is 18.4. The number of carbonyl (C=O) groups is 3. The SMILES string of the molecule is CC(=O)c1ccc(C(=O)N(CCCC(=O)O)Cc2ccccc2)cc1. The second-order valence-corrected chi connectivity index (χ2v) is 5.84. The lowest BCUT2D eigenvalue weighted by Crippen LogP contribution is -2.31. The fourth-order valence-corrected chi connectivity index (χ4v) is 2.51. The molecule has 1 N–H and O–H groups in total. The minimum absolute atomic E-state index is 0.0157. The maximum absolute atomic E-state index is 12.8. The lowest BCUT2D eigenvalue weighted by molar-refractivity contribution is -0.137. The molecule has 0 saturated heterocycles. The van der Waals surface area contributed by atoms with E-state index in [2.05, 4.69) is 0 Å². The summed E-state index contributed by atoms with van der Waals surface area (Å²) in [5.74, 6) is -1.11. The number of benzene rings is 2. The summed E-state index contributed by atoms with van der Waals surface area (Å²) in [5.41, 5.74) is 2.01. The Balaban J connectivity index is 2.15. The van der Waals surface area contributed by atoms with Crippen molar-refractivity contribution in [2.45, 2.75) is 26.3 Å². The molecule has 0 aliphatic heterocycles. The Morgan fingerprint density at radius 1 is 0.920 bits per heavy atom. The van der Waals surface area contributed by atoms with Crippen molar-refractivity contribution in [3.63, 3.8) is 0 Å². The maximum atomic E-state index is 12.8. The van der Waals surface area contributed by atoms with E-state index in [1.54, 1.807) is 29.2 Å². The van der Waals surface area contributed by atoms with E-state index in [4.69, 9.17) is 5.11 Å². The van der Waals surface area contributed by atoms with Crippen LogP contribution in [0.3, 0.4) is 0 Å². The summed E-state index contributed by atoms with van der Waals surface area (Å²) in [6, 6.07) is 16.1. The predicted octanol–water partition coefficient (Wildman–Crippen LogP) is 3.40. The third kappa shape index (κ3) is 5.57. The normalized spacial score (nSPS) is 10.3. The smallest absolute Gasteiger partial charge is 0.303 e. The van der Waals surface area contributed by atoms with Gasteiger partial charge in [-0.2, -0.15) is 0 Å². The van der Waals surface area contributed by atoms with E-state index >= 15 is 0 Å². The van der Waals surface area contributed by atoms with Crippen LogP contribution in [-0.2, 0) is 11.3 Å². The van der Waals surface area contributed by atoms with Crippen molar-refractivity contribution in [1.82, 2.24) is 4.90 Å². The summed E-state index contributed by atoms with van der Waals surface area (Å²) < 4.78 is 0. The molecule has 0 heterocycles. The highest BCUT2D eigenvalue weighted by atomic mass is 16.4. The summed E-state index contributed by atoms with van der Waals surface area (Å²) >= 11 is 0. The largest absolute Gasteiger partial charge is 0.481 e. The third-order valence-corrected chi connectivity index (χ3v) is 3.86. The van der Waals surface area contributed by atoms with Crippen molar-refractivity contribution in [1.29, 1.82) is 0 Å². The number of hydrogen-bond donors (Lipinski definition) is 1. The van der Waals surface area contributed by atoms with Gasteiger partial charge in [0.05, 0.1) is 0 Å². The first-order chi connectivity index (χ1) is 12.0. The lowest BCUT2D eigenvalue weighted by Gasteiger charge is -2.23. The number of aliphatic carboxylic acids is 1. The van der Waals surface area contributed by atoms with Gasteiger partial charge < -0.3 is 10.0 Å². The Bertz CT molecular complexity index is 738. The summed E-state index contributed by atoms with van der Waals surface area (Å²) in [6.45, 7) is 2.24. The van der Waals surface area contributed by atoms with Gasteiger partial charge in [0.25, 0.3) is 5.91 Å². The molecule has 0 saturated carbocycles. The van der Waals surface area contributed by atoms with Crippen LogP contribution in [0.1, 0.15) is 46.0 Å². The highest BCUT2D eigenvalue weighted by molar-refractivity contribution is 5.97. The Labute approximate surface area is 146 Å². The molecule has 0 radical (unpaired) electrons. The summed E-state index contributed by atoms with van der Waals surface area (Å²) in [5, 5.41) is 8.82. The second-order valence-electron chi connectivity index (χ2n) is 5.84. The van der Waals surface area contributed by atoms with Crippen molar-refractivity contribution >= 4 is 17.7 Å². The molecule has 2 aromatic rings. The zero-order chi connectivity index (χ0) is 18.2. The van der Waals surface area contributed by atoms with Crippen LogP contribution < -0.4 is 0 Å². The van der Waals surface area contributed by atoms with Crippen LogP contribution in [0, 0.1) is 0 Å². The quantitative estimate of drug-likeness (QED) is 0.748. The fourth-order valence-electron chi connectivity index (χ4n) is 2.51. The molecule has 1 amide bonds. The van der Waals surface area contributed by atoms with Crippen molar-refractivity contribution < 1.29 is 19.5 Å². The first-order valence-electron chi connectivity index (χ1n) is 8.13. The molecule has 5 heteroatoms. The van der Waals surface area contributed by atoms with Crippen LogP contribution in [0.25, 0.3) is 0 Å². The highest BCUT2D eigenvalue weighted by Gasteiger charge is 2.17. The Hall–Kier alpha value is -2.95. The molecule has 130 valence electrons. The molecule has 0 bridgehead atoms. The molecule has 0 aromatic heterocycles. The van der Waals surface area contributed by atoms with E-state index in [0.717, 1.165) is 5.56 Å². The molecular formula is C20H21NO4. The van der Waals surface area contributed by atoms with Gasteiger partial charge in [0.2, 0.25) is 0 Å². The predicted molar refractivity (Wildman–Crippen MR) is 94.5 cm³/mol. The third-order valence-electron chi connectivity index (χ3n) is 3.86. The van der Waals surface area contributed by atoms with Crippen molar-refractivity contribution in [3.8, 4) is 0 Å². The van der Waals surface area contributed by atoms with Crippen LogP contribution in [0.2, 0.25) is 0 Å². The number of rotatable bonds is 8. The number of carboxylic acid groups (broad SMARTS) is 1. The lowest BCUT2D eigenvalue weighted by atomic mass is 10.1. The van der Waals surface area contributed by atoms with Crippen molar-refractivity contribution in [3.05, 3.63) is 71.3 Å². The van der Waals surface area contributed by atoms with Crippen LogP contribution >= 0.6 is 0 Å². The number of carboxylic acids is 1. The topological polar surface area (TPSA) is 74.7 Å². The van der Waals surface area contributed by atoms with Gasteiger partial charge in [-0.15, -0.1) is 0 Å². The van der Waals surface area contributed by atoms with Gasteiger partial charge in [-0.05, 0) is 31.0 Å². The number of amides is 1. The second kappa shape index (κ2) is 8.78. The number of nitrogens with zero attached hydrogens (tertiary/aromatic N) is 1. The molecule has 0 spiro atoms. The van der Waals surface area contributed by atoms with E-state index in [9.17, 15) is 14.4 Å². The zero-order valence-corrected chi connectivity index (χ0v) is 14.1. The Morgan fingerprint density at radius 2 is 1.52 bits per heavy atom.